The average Bonchev–Trinajstić information content (AvgIpc) is 3.36. The van der Waals surface area contributed by atoms with E-state index in [1.165, 1.54) is 0 Å². The summed E-state index contributed by atoms with van der Waals surface area (Å²) in [6.45, 7) is 6.25. The maximum atomic E-state index is 13.4. The van der Waals surface area contributed by atoms with Crippen LogP contribution in [0, 0.1) is 11.3 Å². The first kappa shape index (κ1) is 20.3. The lowest BCUT2D eigenvalue weighted by Crippen LogP contribution is -2.40. The molecule has 2 atom stereocenters. The number of rotatable bonds is 3. The first-order chi connectivity index (χ1) is 14.8. The molecule has 1 aromatic carbocycles. The molecule has 2 heterocycles. The minimum atomic E-state index is -0.607. The molecule has 0 N–H and O–H groups in total. The summed E-state index contributed by atoms with van der Waals surface area (Å²) in [7, 11) is 0. The van der Waals surface area contributed by atoms with Crippen LogP contribution in [0.3, 0.4) is 0 Å². The largest absolute Gasteiger partial charge is 0.462 e. The second-order valence-corrected chi connectivity index (χ2v) is 9.97. The highest BCUT2D eigenvalue weighted by atomic mass is 16.7. The number of nitrogens with zero attached hydrogens (tertiary/aromatic N) is 1. The normalized spacial score (nSPS) is 27.2. The Kier molecular flexibility index (Phi) is 4.91. The van der Waals surface area contributed by atoms with Crippen LogP contribution in [-0.4, -0.2) is 30.4 Å². The summed E-state index contributed by atoms with van der Waals surface area (Å²) in [6, 6.07) is 5.69. The van der Waals surface area contributed by atoms with Gasteiger partial charge in [0.15, 0.2) is 17.3 Å². The summed E-state index contributed by atoms with van der Waals surface area (Å²) in [6.07, 6.45) is 5.13. The molecule has 6 heteroatoms. The Labute approximate surface area is 182 Å². The number of ether oxygens (including phenoxy) is 3. The number of benzene rings is 1. The van der Waals surface area contributed by atoms with Gasteiger partial charge in [-0.3, -0.25) is 14.6 Å². The van der Waals surface area contributed by atoms with Crippen LogP contribution < -0.4 is 9.47 Å². The molecule has 0 spiro atoms. The smallest absolute Gasteiger partial charge is 0.315 e. The fourth-order valence-corrected chi connectivity index (χ4v) is 5.46. The lowest BCUT2D eigenvalue weighted by atomic mass is 9.67. The monoisotopic (exact) mass is 423 g/mol. The molecule has 6 nitrogen and oxygen atoms in total. The van der Waals surface area contributed by atoms with Gasteiger partial charge in [-0.1, -0.05) is 19.9 Å². The van der Waals surface area contributed by atoms with Crippen LogP contribution in [0.15, 0.2) is 34.5 Å². The van der Waals surface area contributed by atoms with Crippen molar-refractivity contribution in [2.24, 2.45) is 16.3 Å². The summed E-state index contributed by atoms with van der Waals surface area (Å²) < 4.78 is 17.0. The van der Waals surface area contributed by atoms with Crippen molar-refractivity contribution in [2.45, 2.75) is 71.3 Å². The molecule has 1 saturated carbocycles. The van der Waals surface area contributed by atoms with Gasteiger partial charge in [0.1, 0.15) is 12.0 Å². The highest BCUT2D eigenvalue weighted by Gasteiger charge is 2.46. The summed E-state index contributed by atoms with van der Waals surface area (Å²) in [4.78, 5) is 31.5. The van der Waals surface area contributed by atoms with Gasteiger partial charge < -0.3 is 14.2 Å². The van der Waals surface area contributed by atoms with E-state index >= 15 is 0 Å². The molecule has 0 amide bonds. The Bertz CT molecular complexity index is 999. The number of aliphatic imine (C=N–C) groups is 1. The molecule has 4 aliphatic rings. The zero-order valence-electron chi connectivity index (χ0n) is 18.4. The Morgan fingerprint density at radius 3 is 2.65 bits per heavy atom. The van der Waals surface area contributed by atoms with Gasteiger partial charge in [-0.15, -0.1) is 0 Å². The van der Waals surface area contributed by atoms with Crippen LogP contribution in [0.1, 0.15) is 70.8 Å². The van der Waals surface area contributed by atoms with Gasteiger partial charge in [-0.05, 0) is 62.1 Å². The predicted molar refractivity (Wildman–Crippen MR) is 115 cm³/mol. The van der Waals surface area contributed by atoms with E-state index in [-0.39, 0.29) is 30.1 Å². The van der Waals surface area contributed by atoms with E-state index in [9.17, 15) is 9.59 Å². The van der Waals surface area contributed by atoms with Crippen molar-refractivity contribution in [1.29, 1.82) is 0 Å². The minimum absolute atomic E-state index is 0.0333. The third-order valence-corrected chi connectivity index (χ3v) is 6.90. The molecule has 1 unspecified atom stereocenters. The Morgan fingerprint density at radius 2 is 1.87 bits per heavy atom. The molecule has 5 rings (SSSR count). The Hall–Kier alpha value is -2.63. The molecule has 31 heavy (non-hydrogen) atoms. The van der Waals surface area contributed by atoms with Gasteiger partial charge in [0.25, 0.3) is 0 Å². The van der Waals surface area contributed by atoms with E-state index < -0.39 is 11.8 Å². The molecule has 0 bridgehead atoms. The minimum Gasteiger partial charge on any atom is -0.462 e. The molecular formula is C25H29NO5. The topological polar surface area (TPSA) is 74.2 Å². The van der Waals surface area contributed by atoms with Crippen LogP contribution in [0.5, 0.6) is 11.5 Å². The lowest BCUT2D eigenvalue weighted by Gasteiger charge is -2.39. The van der Waals surface area contributed by atoms with Crippen molar-refractivity contribution in [3.8, 4) is 11.5 Å². The fourth-order valence-electron chi connectivity index (χ4n) is 5.46. The lowest BCUT2D eigenvalue weighted by molar-refractivity contribution is -0.151. The maximum Gasteiger partial charge on any atom is 0.315 e. The Morgan fingerprint density at radius 1 is 1.13 bits per heavy atom. The zero-order valence-corrected chi connectivity index (χ0v) is 18.4. The van der Waals surface area contributed by atoms with Crippen molar-refractivity contribution in [2.75, 3.05) is 6.79 Å². The summed E-state index contributed by atoms with van der Waals surface area (Å²) in [5.74, 6) is 0.0971. The van der Waals surface area contributed by atoms with Crippen LogP contribution in [-0.2, 0) is 14.3 Å². The van der Waals surface area contributed by atoms with E-state index in [0.29, 0.717) is 23.5 Å². The number of allylic oxidation sites excluding steroid dienone is 2. The summed E-state index contributed by atoms with van der Waals surface area (Å²) in [5.41, 5.74) is 2.92. The van der Waals surface area contributed by atoms with E-state index in [4.69, 9.17) is 19.2 Å². The highest BCUT2D eigenvalue weighted by Crippen LogP contribution is 2.49. The maximum absolute atomic E-state index is 13.4. The van der Waals surface area contributed by atoms with E-state index in [2.05, 4.69) is 13.8 Å². The number of hydrogen-bond acceptors (Lipinski definition) is 6. The number of carbonyl (C=O) groups is 2. The quantitative estimate of drug-likeness (QED) is 0.658. The van der Waals surface area contributed by atoms with Gasteiger partial charge in [0.05, 0.1) is 0 Å². The second kappa shape index (κ2) is 7.50. The van der Waals surface area contributed by atoms with E-state index in [1.807, 2.05) is 25.1 Å². The first-order valence-electron chi connectivity index (χ1n) is 11.2. The van der Waals surface area contributed by atoms with Crippen molar-refractivity contribution >= 4 is 17.5 Å². The number of ketones is 1. The SMILES string of the molecule is CC1=NC2=C(C(=O)CC(C)(C)C2)[C@@H](c2ccc3c(c2)OCO3)C1C(=O)OC1CCCC1. The molecular weight excluding hydrogens is 394 g/mol. The third kappa shape index (κ3) is 3.66. The van der Waals surface area contributed by atoms with Crippen LogP contribution >= 0.6 is 0 Å². The summed E-state index contributed by atoms with van der Waals surface area (Å²) in [5, 5.41) is 0. The molecule has 1 aromatic rings. The van der Waals surface area contributed by atoms with Gasteiger partial charge in [0.2, 0.25) is 6.79 Å². The van der Waals surface area contributed by atoms with Crippen molar-refractivity contribution in [3.05, 3.63) is 35.0 Å². The standard InChI is InChI=1S/C25H29NO5/c1-14-21(24(28)31-16-6-4-5-7-16)22(15-8-9-19-20(10-15)30-13-29-19)23-17(26-14)11-25(2,3)12-18(23)27/h8-10,16,21-22H,4-7,11-13H2,1-3H3/t21?,22-/m0/s1. The predicted octanol–water partition coefficient (Wildman–Crippen LogP) is 4.72. The molecule has 2 aliphatic heterocycles. The van der Waals surface area contributed by atoms with Crippen LogP contribution in [0.2, 0.25) is 0 Å². The molecule has 1 fully saturated rings. The van der Waals surface area contributed by atoms with Crippen molar-refractivity contribution < 1.29 is 23.8 Å². The van der Waals surface area contributed by atoms with Crippen LogP contribution in [0.4, 0.5) is 0 Å². The second-order valence-electron chi connectivity index (χ2n) is 9.97. The van der Waals surface area contributed by atoms with Gasteiger partial charge in [0, 0.05) is 29.3 Å². The van der Waals surface area contributed by atoms with Crippen molar-refractivity contribution in [1.82, 2.24) is 0 Å². The first-order valence-corrected chi connectivity index (χ1v) is 11.2. The van der Waals surface area contributed by atoms with Gasteiger partial charge in [-0.25, -0.2) is 0 Å². The van der Waals surface area contributed by atoms with Gasteiger partial charge >= 0.3 is 5.97 Å². The average molecular weight is 424 g/mol. The van der Waals surface area contributed by atoms with Crippen molar-refractivity contribution in [3.63, 3.8) is 0 Å². The number of Topliss-reactive ketones (excluding diaryl/α,β-unsaturated/α-hetero) is 1. The number of esters is 1. The summed E-state index contributed by atoms with van der Waals surface area (Å²) >= 11 is 0. The van der Waals surface area contributed by atoms with Gasteiger partial charge in [-0.2, -0.15) is 0 Å². The third-order valence-electron chi connectivity index (χ3n) is 6.90. The number of carbonyl (C=O) groups excluding carboxylic acids is 2. The fraction of sp³-hybridized carbons (Fsp3) is 0.560. The molecule has 2 aliphatic carbocycles. The molecule has 164 valence electrons. The zero-order chi connectivity index (χ0) is 21.8. The molecule has 0 saturated heterocycles. The number of fused-ring (bicyclic) bond motifs is 1. The van der Waals surface area contributed by atoms with E-state index in [1.54, 1.807) is 0 Å². The van der Waals surface area contributed by atoms with E-state index in [0.717, 1.165) is 49.1 Å². The van der Waals surface area contributed by atoms with Crippen LogP contribution in [0.25, 0.3) is 0 Å². The molecule has 0 aromatic heterocycles. The molecule has 0 radical (unpaired) electrons. The highest BCUT2D eigenvalue weighted by molar-refractivity contribution is 6.09. The Balaban J connectivity index is 1.58. The number of hydrogen-bond donors (Lipinski definition) is 0.